The van der Waals surface area contributed by atoms with Crippen LogP contribution in [0.2, 0.25) is 0 Å². The van der Waals surface area contributed by atoms with E-state index in [4.69, 9.17) is 4.74 Å². The molecule has 0 spiro atoms. The van der Waals surface area contributed by atoms with E-state index in [1.165, 1.54) is 37.7 Å². The van der Waals surface area contributed by atoms with E-state index in [-0.39, 0.29) is 4.75 Å². The number of allylic oxidation sites excluding steroid dienone is 1. The number of hydrogen-bond acceptors (Lipinski definition) is 2. The van der Waals surface area contributed by atoms with Gasteiger partial charge >= 0.3 is 0 Å². The molecule has 0 aromatic carbocycles. The zero-order chi connectivity index (χ0) is 10.0. The van der Waals surface area contributed by atoms with Crippen molar-refractivity contribution in [3.63, 3.8) is 0 Å². The lowest BCUT2D eigenvalue weighted by atomic mass is 9.96. The molecule has 0 radical (unpaired) electrons. The molecule has 0 aromatic rings. The minimum Gasteiger partial charge on any atom is -0.500 e. The maximum absolute atomic E-state index is 11.1. The summed E-state index contributed by atoms with van der Waals surface area (Å²) in [6.07, 6.45) is 8.27. The minimum absolute atomic E-state index is 0.0360. The molecule has 2 unspecified atom stereocenters. The number of hydrogen-bond donors (Lipinski definition) is 0. The Morgan fingerprint density at radius 3 is 2.64 bits per heavy atom. The van der Waals surface area contributed by atoms with E-state index in [9.17, 15) is 4.21 Å². The first kappa shape index (κ1) is 10.2. The molecule has 0 bridgehead atoms. The average molecular weight is 214 g/mol. The largest absolute Gasteiger partial charge is 0.500 e. The van der Waals surface area contributed by atoms with Crippen molar-refractivity contribution in [2.75, 3.05) is 12.4 Å². The van der Waals surface area contributed by atoms with Crippen molar-refractivity contribution in [1.29, 1.82) is 0 Å². The van der Waals surface area contributed by atoms with Crippen LogP contribution in [0, 0.1) is 0 Å². The fourth-order valence-electron chi connectivity index (χ4n) is 1.81. The topological polar surface area (TPSA) is 26.3 Å². The van der Waals surface area contributed by atoms with E-state index in [1.54, 1.807) is 0 Å². The van der Waals surface area contributed by atoms with E-state index in [1.807, 2.05) is 13.2 Å². The van der Waals surface area contributed by atoms with Crippen molar-refractivity contribution in [2.24, 2.45) is 0 Å². The fraction of sp³-hybridized carbons (Fsp3) is 0.818. The first-order chi connectivity index (χ1) is 6.71. The van der Waals surface area contributed by atoms with Crippen molar-refractivity contribution in [3.8, 4) is 0 Å². The summed E-state index contributed by atoms with van der Waals surface area (Å²) >= 11 is 0. The average Bonchev–Trinajstić information content (AvgIpc) is 2.76. The molecule has 80 valence electrons. The molecule has 1 saturated carbocycles. The molecule has 1 saturated heterocycles. The highest BCUT2D eigenvalue weighted by atomic mass is 32.2. The molecule has 2 aliphatic rings. The van der Waals surface area contributed by atoms with Crippen molar-refractivity contribution >= 4 is 10.8 Å². The van der Waals surface area contributed by atoms with Gasteiger partial charge in [0.25, 0.3) is 0 Å². The van der Waals surface area contributed by atoms with Gasteiger partial charge in [-0.05, 0) is 38.2 Å². The molecular weight excluding hydrogens is 196 g/mol. The summed E-state index contributed by atoms with van der Waals surface area (Å²) in [5, 5.41) is 0. The maximum atomic E-state index is 11.1. The predicted octanol–water partition coefficient (Wildman–Crippen LogP) is 2.37. The minimum atomic E-state index is -0.625. The van der Waals surface area contributed by atoms with Gasteiger partial charge in [0.2, 0.25) is 0 Å². The van der Waals surface area contributed by atoms with Crippen LogP contribution in [-0.4, -0.2) is 21.3 Å². The van der Waals surface area contributed by atoms with Crippen molar-refractivity contribution < 1.29 is 8.95 Å². The molecule has 0 amide bonds. The summed E-state index contributed by atoms with van der Waals surface area (Å²) in [5.41, 5.74) is 1.44. The second-order valence-electron chi connectivity index (χ2n) is 4.59. The normalized spacial score (nSPS) is 36.6. The van der Waals surface area contributed by atoms with Crippen LogP contribution in [0.3, 0.4) is 0 Å². The predicted molar refractivity (Wildman–Crippen MR) is 58.5 cm³/mol. The summed E-state index contributed by atoms with van der Waals surface area (Å²) in [6.45, 7) is 2.66. The first-order valence-electron chi connectivity index (χ1n) is 5.39. The number of rotatable bonds is 3. The lowest BCUT2D eigenvalue weighted by Crippen LogP contribution is -2.13. The van der Waals surface area contributed by atoms with Gasteiger partial charge in [0.1, 0.15) is 6.61 Å². The summed E-state index contributed by atoms with van der Waals surface area (Å²) in [4.78, 5) is 0. The maximum Gasteiger partial charge on any atom is 0.105 e. The van der Waals surface area contributed by atoms with Gasteiger partial charge < -0.3 is 4.74 Å². The fourth-order valence-corrected chi connectivity index (χ4v) is 2.74. The summed E-state index contributed by atoms with van der Waals surface area (Å²) in [7, 11) is -0.625. The van der Waals surface area contributed by atoms with Crippen molar-refractivity contribution in [3.05, 3.63) is 11.8 Å². The van der Waals surface area contributed by atoms with Crippen molar-refractivity contribution in [1.82, 2.24) is 0 Å². The van der Waals surface area contributed by atoms with E-state index >= 15 is 0 Å². The highest BCUT2D eigenvalue weighted by Crippen LogP contribution is 2.32. The van der Waals surface area contributed by atoms with E-state index in [2.05, 4.69) is 0 Å². The Morgan fingerprint density at radius 1 is 1.43 bits per heavy atom. The van der Waals surface area contributed by atoms with Crippen LogP contribution in [0.15, 0.2) is 11.8 Å². The Kier molecular flexibility index (Phi) is 2.96. The zero-order valence-corrected chi connectivity index (χ0v) is 9.57. The quantitative estimate of drug-likeness (QED) is 0.532. The Bertz CT molecular complexity index is 264. The van der Waals surface area contributed by atoms with Gasteiger partial charge in [0.15, 0.2) is 0 Å². The summed E-state index contributed by atoms with van der Waals surface area (Å²) in [6, 6.07) is 0. The van der Waals surface area contributed by atoms with Crippen LogP contribution in [0.5, 0.6) is 0 Å². The van der Waals surface area contributed by atoms with Gasteiger partial charge in [-0.15, -0.1) is 0 Å². The lowest BCUT2D eigenvalue weighted by Gasteiger charge is -2.14. The van der Waals surface area contributed by atoms with Crippen molar-refractivity contribution in [2.45, 2.75) is 43.8 Å². The molecular formula is C11H18O2S. The Labute approximate surface area is 88.2 Å². The van der Waals surface area contributed by atoms with E-state index in [0.29, 0.717) is 6.61 Å². The number of ether oxygens (including phenoxy) is 1. The summed E-state index contributed by atoms with van der Waals surface area (Å²) in [5.74, 6) is 0.816. The standard InChI is InChI=1S/C11H18O2S/c1-11(9-14(11)12)8-13-7-10-5-3-2-4-6-10/h7H,2-6,8-9H2,1H3. The molecule has 2 fully saturated rings. The van der Waals surface area contributed by atoms with Gasteiger partial charge in [-0.3, -0.25) is 4.21 Å². The lowest BCUT2D eigenvalue weighted by molar-refractivity contribution is 0.230. The molecule has 1 aliphatic heterocycles. The van der Waals surface area contributed by atoms with Crippen LogP contribution < -0.4 is 0 Å². The Morgan fingerprint density at radius 2 is 2.07 bits per heavy atom. The molecule has 2 nitrogen and oxygen atoms in total. The van der Waals surface area contributed by atoms with E-state index in [0.717, 1.165) is 5.75 Å². The smallest absolute Gasteiger partial charge is 0.105 e. The Hall–Kier alpha value is -0.310. The highest BCUT2D eigenvalue weighted by Gasteiger charge is 2.48. The molecule has 0 aromatic heterocycles. The van der Waals surface area contributed by atoms with Gasteiger partial charge in [0.05, 0.1) is 11.0 Å². The van der Waals surface area contributed by atoms with Crippen LogP contribution in [0.25, 0.3) is 0 Å². The molecule has 1 aliphatic carbocycles. The second kappa shape index (κ2) is 4.05. The Balaban J connectivity index is 1.73. The van der Waals surface area contributed by atoms with Gasteiger partial charge in [-0.25, -0.2) is 0 Å². The SMILES string of the molecule is CC1(COC=C2CCCCC2)CS1=O. The molecule has 2 rings (SSSR count). The first-order valence-corrected chi connectivity index (χ1v) is 6.71. The molecule has 2 atom stereocenters. The van der Waals surface area contributed by atoms with Gasteiger partial charge in [-0.1, -0.05) is 6.42 Å². The third kappa shape index (κ3) is 2.38. The molecule has 1 heterocycles. The highest BCUT2D eigenvalue weighted by molar-refractivity contribution is 7.94. The zero-order valence-electron chi connectivity index (χ0n) is 8.75. The van der Waals surface area contributed by atoms with E-state index < -0.39 is 10.8 Å². The van der Waals surface area contributed by atoms with Crippen LogP contribution >= 0.6 is 0 Å². The molecule has 3 heteroatoms. The second-order valence-corrected chi connectivity index (χ2v) is 6.55. The summed E-state index contributed by atoms with van der Waals surface area (Å²) < 4.78 is 16.6. The monoisotopic (exact) mass is 214 g/mol. The van der Waals surface area contributed by atoms with Crippen LogP contribution in [0.4, 0.5) is 0 Å². The van der Waals surface area contributed by atoms with Crippen LogP contribution in [0.1, 0.15) is 39.0 Å². The molecule has 0 N–H and O–H groups in total. The third-order valence-corrected chi connectivity index (χ3v) is 4.94. The molecule has 14 heavy (non-hydrogen) atoms. The third-order valence-electron chi connectivity index (χ3n) is 3.03. The van der Waals surface area contributed by atoms with Gasteiger partial charge in [0, 0.05) is 16.6 Å². The van der Waals surface area contributed by atoms with Gasteiger partial charge in [-0.2, -0.15) is 0 Å². The van der Waals surface area contributed by atoms with Crippen LogP contribution in [-0.2, 0) is 15.5 Å².